The van der Waals surface area contributed by atoms with Crippen molar-refractivity contribution in [2.75, 3.05) is 6.54 Å². The standard InChI is InChI=1S/C14H20N2O3S/c1-11(2)16-9-13(8-14(16)17)15-20(18,19)10-12-6-4-3-5-7-12/h3-7,11,13,15H,8-10H2,1-2H3. The highest BCUT2D eigenvalue weighted by Gasteiger charge is 2.33. The van der Waals surface area contributed by atoms with Gasteiger partial charge < -0.3 is 4.90 Å². The average molecular weight is 296 g/mol. The minimum atomic E-state index is -3.42. The molecule has 0 aliphatic carbocycles. The van der Waals surface area contributed by atoms with Crippen LogP contribution in [0.3, 0.4) is 0 Å². The highest BCUT2D eigenvalue weighted by Crippen LogP contribution is 2.16. The van der Waals surface area contributed by atoms with Crippen LogP contribution in [0.15, 0.2) is 30.3 Å². The molecule has 20 heavy (non-hydrogen) atoms. The monoisotopic (exact) mass is 296 g/mol. The van der Waals surface area contributed by atoms with Gasteiger partial charge in [-0.25, -0.2) is 13.1 Å². The molecule has 1 N–H and O–H groups in total. The van der Waals surface area contributed by atoms with E-state index in [1.165, 1.54) is 0 Å². The van der Waals surface area contributed by atoms with Crippen molar-refractivity contribution in [3.8, 4) is 0 Å². The molecule has 1 aliphatic rings. The number of hydrogen-bond donors (Lipinski definition) is 1. The smallest absolute Gasteiger partial charge is 0.224 e. The van der Waals surface area contributed by atoms with E-state index in [1.54, 1.807) is 17.0 Å². The molecule has 6 heteroatoms. The normalized spacial score (nSPS) is 19.9. The number of nitrogens with one attached hydrogen (secondary N) is 1. The van der Waals surface area contributed by atoms with Gasteiger partial charge in [-0.1, -0.05) is 30.3 Å². The zero-order valence-electron chi connectivity index (χ0n) is 11.7. The molecule has 0 saturated carbocycles. The van der Waals surface area contributed by atoms with Gasteiger partial charge in [-0.15, -0.1) is 0 Å². The Labute approximate surface area is 120 Å². The van der Waals surface area contributed by atoms with Crippen LogP contribution in [0.1, 0.15) is 25.8 Å². The Morgan fingerprint density at radius 2 is 1.95 bits per heavy atom. The lowest BCUT2D eigenvalue weighted by Gasteiger charge is -2.21. The first kappa shape index (κ1) is 15.0. The van der Waals surface area contributed by atoms with E-state index in [1.807, 2.05) is 32.0 Å². The first-order valence-corrected chi connectivity index (χ1v) is 8.36. The molecule has 0 spiro atoms. The van der Waals surface area contributed by atoms with Crippen molar-refractivity contribution in [1.29, 1.82) is 0 Å². The van der Waals surface area contributed by atoms with Crippen molar-refractivity contribution in [3.05, 3.63) is 35.9 Å². The van der Waals surface area contributed by atoms with Gasteiger partial charge in [-0.2, -0.15) is 0 Å². The average Bonchev–Trinajstić information content (AvgIpc) is 2.70. The Morgan fingerprint density at radius 3 is 2.50 bits per heavy atom. The van der Waals surface area contributed by atoms with Gasteiger partial charge in [0.15, 0.2) is 0 Å². The largest absolute Gasteiger partial charge is 0.339 e. The zero-order chi connectivity index (χ0) is 14.8. The Morgan fingerprint density at radius 1 is 1.30 bits per heavy atom. The van der Waals surface area contributed by atoms with Crippen molar-refractivity contribution in [2.45, 2.75) is 38.1 Å². The fourth-order valence-electron chi connectivity index (χ4n) is 2.40. The van der Waals surface area contributed by atoms with E-state index in [-0.39, 0.29) is 30.2 Å². The van der Waals surface area contributed by atoms with Gasteiger partial charge in [-0.05, 0) is 19.4 Å². The third-order valence-corrected chi connectivity index (χ3v) is 4.73. The Balaban J connectivity index is 1.98. The van der Waals surface area contributed by atoms with Crippen molar-refractivity contribution in [2.24, 2.45) is 0 Å². The van der Waals surface area contributed by atoms with Crippen LogP contribution in [0.4, 0.5) is 0 Å². The number of rotatable bonds is 5. The maximum absolute atomic E-state index is 12.1. The highest BCUT2D eigenvalue weighted by molar-refractivity contribution is 7.88. The third kappa shape index (κ3) is 3.80. The van der Waals surface area contributed by atoms with Crippen LogP contribution in [0, 0.1) is 0 Å². The Hall–Kier alpha value is -1.40. The molecule has 1 aromatic carbocycles. The summed E-state index contributed by atoms with van der Waals surface area (Å²) in [7, 11) is -3.42. The second-order valence-electron chi connectivity index (χ2n) is 5.40. The van der Waals surface area contributed by atoms with Gasteiger partial charge in [0.05, 0.1) is 5.75 Å². The van der Waals surface area contributed by atoms with Gasteiger partial charge in [0, 0.05) is 25.0 Å². The fraction of sp³-hybridized carbons (Fsp3) is 0.500. The minimum absolute atomic E-state index is 0.00686. The van der Waals surface area contributed by atoms with Crippen LogP contribution in [0.2, 0.25) is 0 Å². The lowest BCUT2D eigenvalue weighted by molar-refractivity contribution is -0.129. The van der Waals surface area contributed by atoms with Crippen molar-refractivity contribution >= 4 is 15.9 Å². The second kappa shape index (κ2) is 5.93. The minimum Gasteiger partial charge on any atom is -0.339 e. The summed E-state index contributed by atoms with van der Waals surface area (Å²) in [5, 5.41) is 0. The van der Waals surface area contributed by atoms with E-state index in [9.17, 15) is 13.2 Å². The molecule has 0 aromatic heterocycles. The quantitative estimate of drug-likeness (QED) is 0.885. The van der Waals surface area contributed by atoms with Crippen LogP contribution in [0.5, 0.6) is 0 Å². The van der Waals surface area contributed by atoms with Gasteiger partial charge in [0.1, 0.15) is 0 Å². The van der Waals surface area contributed by atoms with Gasteiger partial charge in [0.25, 0.3) is 0 Å². The van der Waals surface area contributed by atoms with E-state index >= 15 is 0 Å². The summed E-state index contributed by atoms with van der Waals surface area (Å²) in [4.78, 5) is 13.5. The lowest BCUT2D eigenvalue weighted by Crippen LogP contribution is -2.39. The molecule has 110 valence electrons. The van der Waals surface area contributed by atoms with E-state index in [0.717, 1.165) is 5.56 Å². The summed E-state index contributed by atoms with van der Waals surface area (Å²) in [5.74, 6) is -0.0485. The molecule has 1 aliphatic heterocycles. The number of benzene rings is 1. The van der Waals surface area contributed by atoms with Crippen LogP contribution in [-0.2, 0) is 20.6 Å². The molecule has 1 amide bonds. The molecule has 1 unspecified atom stereocenters. The molecule has 0 radical (unpaired) electrons. The first-order valence-electron chi connectivity index (χ1n) is 6.71. The molecule has 0 bridgehead atoms. The number of hydrogen-bond acceptors (Lipinski definition) is 3. The highest BCUT2D eigenvalue weighted by atomic mass is 32.2. The topological polar surface area (TPSA) is 66.5 Å². The molecule has 1 fully saturated rings. The van der Waals surface area contributed by atoms with Gasteiger partial charge >= 0.3 is 0 Å². The number of likely N-dealkylation sites (tertiary alicyclic amines) is 1. The van der Waals surface area contributed by atoms with Gasteiger partial charge in [-0.3, -0.25) is 4.79 Å². The maximum Gasteiger partial charge on any atom is 0.224 e. The van der Waals surface area contributed by atoms with Crippen LogP contribution < -0.4 is 4.72 Å². The summed E-state index contributed by atoms with van der Waals surface area (Å²) in [6, 6.07) is 8.80. The predicted octanol–water partition coefficient (Wildman–Crippen LogP) is 1.12. The van der Waals surface area contributed by atoms with Crippen molar-refractivity contribution < 1.29 is 13.2 Å². The number of amides is 1. The lowest BCUT2D eigenvalue weighted by atomic mass is 10.2. The zero-order valence-corrected chi connectivity index (χ0v) is 12.6. The molecule has 1 heterocycles. The summed E-state index contributed by atoms with van der Waals surface area (Å²) in [5.41, 5.74) is 0.741. The second-order valence-corrected chi connectivity index (χ2v) is 7.16. The fourth-order valence-corrected chi connectivity index (χ4v) is 3.78. The number of carbonyl (C=O) groups is 1. The molecule has 1 aromatic rings. The van der Waals surface area contributed by atoms with E-state index < -0.39 is 10.0 Å². The predicted molar refractivity (Wildman–Crippen MR) is 77.5 cm³/mol. The maximum atomic E-state index is 12.1. The van der Waals surface area contributed by atoms with E-state index in [2.05, 4.69) is 4.72 Å². The SMILES string of the molecule is CC(C)N1CC(NS(=O)(=O)Cc2ccccc2)CC1=O. The van der Waals surface area contributed by atoms with E-state index in [4.69, 9.17) is 0 Å². The third-order valence-electron chi connectivity index (χ3n) is 3.33. The Kier molecular flexibility index (Phi) is 4.45. The molecule has 1 saturated heterocycles. The molecule has 1 atom stereocenters. The molecular formula is C14H20N2O3S. The summed E-state index contributed by atoms with van der Waals surface area (Å²) in [6.07, 6.45) is 0.242. The Bertz CT molecular complexity index is 569. The summed E-state index contributed by atoms with van der Waals surface area (Å²) >= 11 is 0. The molecule has 5 nitrogen and oxygen atoms in total. The summed E-state index contributed by atoms with van der Waals surface area (Å²) in [6.45, 7) is 4.31. The van der Waals surface area contributed by atoms with Crippen LogP contribution >= 0.6 is 0 Å². The molecular weight excluding hydrogens is 276 g/mol. The van der Waals surface area contributed by atoms with Gasteiger partial charge in [0.2, 0.25) is 15.9 Å². The van der Waals surface area contributed by atoms with Crippen LogP contribution in [-0.4, -0.2) is 37.9 Å². The number of nitrogens with zero attached hydrogens (tertiary/aromatic N) is 1. The van der Waals surface area contributed by atoms with E-state index in [0.29, 0.717) is 6.54 Å². The van der Waals surface area contributed by atoms with Crippen molar-refractivity contribution in [3.63, 3.8) is 0 Å². The number of sulfonamides is 1. The van der Waals surface area contributed by atoms with Crippen molar-refractivity contribution in [1.82, 2.24) is 9.62 Å². The summed E-state index contributed by atoms with van der Waals surface area (Å²) < 4.78 is 26.8. The molecule has 2 rings (SSSR count). The van der Waals surface area contributed by atoms with Crippen LogP contribution in [0.25, 0.3) is 0 Å². The number of carbonyl (C=O) groups excluding carboxylic acids is 1. The first-order chi connectivity index (χ1) is 9.37.